The Bertz CT molecular complexity index is 886. The van der Waals surface area contributed by atoms with E-state index >= 15 is 0 Å². The molecule has 0 saturated carbocycles. The zero-order valence-electron chi connectivity index (χ0n) is 15.9. The maximum atomic E-state index is 12.0. The standard InChI is InChI=1S/C23H25NO4/c24-23(26)21-8-7-19(28-14-20-2-1-9-27-20)12-22(21)18-6-5-16-10-15(13-25)3-4-17(16)11-18/h3-4,7-8,10,12-13,18,20H,1-2,5-6,9,11,14H2,(H2,24,26)/t18-,20+/m1/s1. The monoisotopic (exact) mass is 379 g/mol. The molecule has 5 nitrogen and oxygen atoms in total. The van der Waals surface area contributed by atoms with E-state index in [1.54, 1.807) is 6.07 Å². The summed E-state index contributed by atoms with van der Waals surface area (Å²) in [6.45, 7) is 1.32. The van der Waals surface area contributed by atoms with Crippen LogP contribution in [0.15, 0.2) is 36.4 Å². The summed E-state index contributed by atoms with van der Waals surface area (Å²) in [5.41, 5.74) is 10.3. The molecule has 0 radical (unpaired) electrons. The zero-order chi connectivity index (χ0) is 19.5. The van der Waals surface area contributed by atoms with Crippen LogP contribution in [-0.4, -0.2) is 31.5 Å². The third kappa shape index (κ3) is 3.94. The van der Waals surface area contributed by atoms with Gasteiger partial charge in [-0.3, -0.25) is 9.59 Å². The molecule has 0 unspecified atom stereocenters. The molecule has 2 N–H and O–H groups in total. The molecule has 0 aromatic heterocycles. The van der Waals surface area contributed by atoms with Gasteiger partial charge in [0.1, 0.15) is 18.6 Å². The Morgan fingerprint density at radius 1 is 1.18 bits per heavy atom. The molecule has 1 aliphatic carbocycles. The van der Waals surface area contributed by atoms with Crippen LogP contribution in [0.4, 0.5) is 0 Å². The van der Waals surface area contributed by atoms with Gasteiger partial charge in [0.25, 0.3) is 0 Å². The fraction of sp³-hybridized carbons (Fsp3) is 0.391. The highest BCUT2D eigenvalue weighted by molar-refractivity contribution is 5.94. The van der Waals surface area contributed by atoms with Crippen LogP contribution in [0.2, 0.25) is 0 Å². The van der Waals surface area contributed by atoms with E-state index in [4.69, 9.17) is 15.2 Å². The number of hydrogen-bond acceptors (Lipinski definition) is 4. The van der Waals surface area contributed by atoms with Crippen molar-refractivity contribution < 1.29 is 19.1 Å². The Labute approximate surface area is 164 Å². The van der Waals surface area contributed by atoms with Crippen molar-refractivity contribution in [2.75, 3.05) is 13.2 Å². The van der Waals surface area contributed by atoms with Gasteiger partial charge in [-0.1, -0.05) is 12.1 Å². The molecule has 0 spiro atoms. The Morgan fingerprint density at radius 3 is 2.82 bits per heavy atom. The van der Waals surface area contributed by atoms with E-state index in [-0.39, 0.29) is 12.0 Å². The fourth-order valence-corrected chi connectivity index (χ4v) is 4.27. The Balaban J connectivity index is 1.56. The van der Waals surface area contributed by atoms with Crippen molar-refractivity contribution in [2.24, 2.45) is 5.73 Å². The van der Waals surface area contributed by atoms with Crippen LogP contribution in [0.1, 0.15) is 62.6 Å². The van der Waals surface area contributed by atoms with Crippen LogP contribution in [0.3, 0.4) is 0 Å². The topological polar surface area (TPSA) is 78.6 Å². The lowest BCUT2D eigenvalue weighted by Crippen LogP contribution is -2.20. The van der Waals surface area contributed by atoms with Crippen LogP contribution in [-0.2, 0) is 17.6 Å². The first-order valence-corrected chi connectivity index (χ1v) is 9.89. The second-order valence-corrected chi connectivity index (χ2v) is 7.65. The molecule has 0 bridgehead atoms. The summed E-state index contributed by atoms with van der Waals surface area (Å²) in [4.78, 5) is 23.0. The lowest BCUT2D eigenvalue weighted by atomic mass is 9.78. The molecule has 2 aromatic carbocycles. The number of ether oxygens (including phenoxy) is 2. The molecule has 1 aliphatic heterocycles. The van der Waals surface area contributed by atoms with Gasteiger partial charge < -0.3 is 15.2 Å². The smallest absolute Gasteiger partial charge is 0.248 e. The molecule has 2 aliphatic rings. The molecule has 146 valence electrons. The second kappa shape index (κ2) is 8.15. The van der Waals surface area contributed by atoms with Gasteiger partial charge in [0, 0.05) is 17.7 Å². The number of aryl methyl sites for hydroxylation is 1. The minimum absolute atomic E-state index is 0.146. The predicted molar refractivity (Wildman–Crippen MR) is 106 cm³/mol. The largest absolute Gasteiger partial charge is 0.491 e. The van der Waals surface area contributed by atoms with Gasteiger partial charge in [-0.15, -0.1) is 0 Å². The number of fused-ring (bicyclic) bond motifs is 1. The first-order valence-electron chi connectivity index (χ1n) is 9.89. The lowest BCUT2D eigenvalue weighted by molar-refractivity contribution is 0.0679. The second-order valence-electron chi connectivity index (χ2n) is 7.65. The number of hydrogen-bond donors (Lipinski definition) is 1. The summed E-state index contributed by atoms with van der Waals surface area (Å²) in [7, 11) is 0. The number of amides is 1. The molecular weight excluding hydrogens is 354 g/mol. The van der Waals surface area contributed by atoms with E-state index in [1.165, 1.54) is 11.1 Å². The minimum Gasteiger partial charge on any atom is -0.491 e. The van der Waals surface area contributed by atoms with Crippen molar-refractivity contribution in [1.82, 2.24) is 0 Å². The molecule has 1 heterocycles. The van der Waals surface area contributed by atoms with Crippen LogP contribution in [0.25, 0.3) is 0 Å². The maximum absolute atomic E-state index is 12.0. The van der Waals surface area contributed by atoms with Crippen molar-refractivity contribution >= 4 is 12.2 Å². The molecule has 1 saturated heterocycles. The number of carbonyl (C=O) groups is 2. The summed E-state index contributed by atoms with van der Waals surface area (Å²) >= 11 is 0. The average Bonchev–Trinajstić information content (AvgIpc) is 3.25. The number of rotatable bonds is 6. The molecule has 4 rings (SSSR count). The number of benzene rings is 2. The Kier molecular flexibility index (Phi) is 5.44. The fourth-order valence-electron chi connectivity index (χ4n) is 4.27. The third-order valence-electron chi connectivity index (χ3n) is 5.78. The number of nitrogens with two attached hydrogens (primary N) is 1. The molecule has 2 aromatic rings. The van der Waals surface area contributed by atoms with Crippen LogP contribution < -0.4 is 10.5 Å². The van der Waals surface area contributed by atoms with E-state index in [9.17, 15) is 9.59 Å². The van der Waals surface area contributed by atoms with Crippen molar-refractivity contribution in [2.45, 2.75) is 44.1 Å². The average molecular weight is 379 g/mol. The van der Waals surface area contributed by atoms with Crippen LogP contribution >= 0.6 is 0 Å². The van der Waals surface area contributed by atoms with E-state index < -0.39 is 5.91 Å². The van der Waals surface area contributed by atoms with Crippen LogP contribution in [0, 0.1) is 0 Å². The van der Waals surface area contributed by atoms with Gasteiger partial charge in [-0.2, -0.15) is 0 Å². The van der Waals surface area contributed by atoms with Crippen LogP contribution in [0.5, 0.6) is 5.75 Å². The summed E-state index contributed by atoms with van der Waals surface area (Å²) in [6, 6.07) is 11.4. The maximum Gasteiger partial charge on any atom is 0.248 e. The van der Waals surface area contributed by atoms with Crippen molar-refractivity contribution in [1.29, 1.82) is 0 Å². The molecule has 1 amide bonds. The van der Waals surface area contributed by atoms with E-state index in [1.807, 2.05) is 30.3 Å². The van der Waals surface area contributed by atoms with Gasteiger partial charge in [-0.25, -0.2) is 0 Å². The van der Waals surface area contributed by atoms with Gasteiger partial charge in [-0.05, 0) is 79.0 Å². The Morgan fingerprint density at radius 2 is 2.07 bits per heavy atom. The number of carbonyl (C=O) groups excluding carboxylic acids is 2. The van der Waals surface area contributed by atoms with Crippen molar-refractivity contribution in [3.05, 3.63) is 64.2 Å². The normalized spacial score (nSPS) is 21.1. The number of aldehydes is 1. The van der Waals surface area contributed by atoms with E-state index in [0.717, 1.165) is 56.3 Å². The molecule has 28 heavy (non-hydrogen) atoms. The van der Waals surface area contributed by atoms with Crippen molar-refractivity contribution in [3.63, 3.8) is 0 Å². The molecular formula is C23H25NO4. The highest BCUT2D eigenvalue weighted by Gasteiger charge is 2.25. The summed E-state index contributed by atoms with van der Waals surface area (Å²) < 4.78 is 11.6. The SMILES string of the molecule is NC(=O)c1ccc(OC[C@@H]2CCCO2)cc1[C@@H]1CCc2cc(C=O)ccc2C1. The third-order valence-corrected chi connectivity index (χ3v) is 5.78. The van der Waals surface area contributed by atoms with E-state index in [0.29, 0.717) is 17.7 Å². The highest BCUT2D eigenvalue weighted by atomic mass is 16.5. The van der Waals surface area contributed by atoms with Gasteiger partial charge in [0.2, 0.25) is 5.91 Å². The van der Waals surface area contributed by atoms with Gasteiger partial charge in [0.05, 0.1) is 6.10 Å². The van der Waals surface area contributed by atoms with E-state index in [2.05, 4.69) is 0 Å². The first kappa shape index (κ1) is 18.7. The quantitative estimate of drug-likeness (QED) is 0.780. The van der Waals surface area contributed by atoms with Gasteiger partial charge in [0.15, 0.2) is 0 Å². The molecule has 1 fully saturated rings. The molecule has 2 atom stereocenters. The first-order chi connectivity index (χ1) is 13.6. The highest BCUT2D eigenvalue weighted by Crippen LogP contribution is 2.36. The lowest BCUT2D eigenvalue weighted by Gasteiger charge is -2.27. The minimum atomic E-state index is -0.414. The summed E-state index contributed by atoms with van der Waals surface area (Å²) in [6.07, 6.45) is 5.73. The van der Waals surface area contributed by atoms with Gasteiger partial charge >= 0.3 is 0 Å². The summed E-state index contributed by atoms with van der Waals surface area (Å²) in [5, 5.41) is 0. The summed E-state index contributed by atoms with van der Waals surface area (Å²) in [5.74, 6) is 0.531. The zero-order valence-corrected chi connectivity index (χ0v) is 15.9. The molecule has 5 heteroatoms. The predicted octanol–water partition coefficient (Wildman–Crippen LogP) is 3.43. The van der Waals surface area contributed by atoms with Crippen molar-refractivity contribution in [3.8, 4) is 5.75 Å². The number of primary amides is 1. The Hall–Kier alpha value is -2.66.